The molecule has 0 saturated carbocycles. The van der Waals surface area contributed by atoms with Gasteiger partial charge in [-0.05, 0) is 40.2 Å². The van der Waals surface area contributed by atoms with E-state index in [2.05, 4.69) is 31.1 Å². The maximum atomic E-state index is 6.19. The van der Waals surface area contributed by atoms with Crippen molar-refractivity contribution < 1.29 is 0 Å². The van der Waals surface area contributed by atoms with Crippen LogP contribution in [0.1, 0.15) is 17.4 Å². The maximum Gasteiger partial charge on any atom is 0.100 e. The Kier molecular flexibility index (Phi) is 4.08. The SMILES string of the molecule is NC(Cc1ccc(Br)cn1)c1cnn(-c2ccccc2)n1. The van der Waals surface area contributed by atoms with Crippen molar-refractivity contribution in [2.75, 3.05) is 0 Å². The molecule has 2 aromatic heterocycles. The van der Waals surface area contributed by atoms with E-state index < -0.39 is 0 Å². The first-order valence-corrected chi connectivity index (χ1v) is 7.35. The Morgan fingerprint density at radius 3 is 2.62 bits per heavy atom. The van der Waals surface area contributed by atoms with Crippen molar-refractivity contribution in [1.29, 1.82) is 0 Å². The van der Waals surface area contributed by atoms with Gasteiger partial charge in [-0.25, -0.2) is 0 Å². The predicted molar refractivity (Wildman–Crippen MR) is 83.9 cm³/mol. The Hall–Kier alpha value is -2.05. The zero-order valence-electron chi connectivity index (χ0n) is 11.2. The molecule has 0 radical (unpaired) electrons. The zero-order chi connectivity index (χ0) is 14.7. The van der Waals surface area contributed by atoms with Crippen LogP contribution in [-0.4, -0.2) is 20.0 Å². The van der Waals surface area contributed by atoms with E-state index in [4.69, 9.17) is 5.73 Å². The lowest BCUT2D eigenvalue weighted by atomic mass is 10.1. The normalized spacial score (nSPS) is 12.3. The Morgan fingerprint density at radius 1 is 1.10 bits per heavy atom. The Balaban J connectivity index is 1.75. The van der Waals surface area contributed by atoms with Gasteiger partial charge in [0.15, 0.2) is 0 Å². The first-order valence-electron chi connectivity index (χ1n) is 6.56. The molecule has 1 unspecified atom stereocenters. The Labute approximate surface area is 130 Å². The monoisotopic (exact) mass is 343 g/mol. The lowest BCUT2D eigenvalue weighted by molar-refractivity contribution is 0.657. The lowest BCUT2D eigenvalue weighted by Crippen LogP contribution is -2.15. The summed E-state index contributed by atoms with van der Waals surface area (Å²) in [6.07, 6.45) is 4.10. The number of rotatable bonds is 4. The van der Waals surface area contributed by atoms with Crippen LogP contribution in [0.2, 0.25) is 0 Å². The first-order chi connectivity index (χ1) is 10.2. The number of nitrogens with zero attached hydrogens (tertiary/aromatic N) is 4. The van der Waals surface area contributed by atoms with Gasteiger partial charge in [0.1, 0.15) is 5.69 Å². The molecule has 0 amide bonds. The molecule has 0 aliphatic carbocycles. The molecule has 2 N–H and O–H groups in total. The molecule has 1 aromatic carbocycles. The van der Waals surface area contributed by atoms with E-state index in [1.165, 1.54) is 0 Å². The molecule has 3 aromatic rings. The molecule has 0 spiro atoms. The van der Waals surface area contributed by atoms with Gasteiger partial charge in [0.2, 0.25) is 0 Å². The van der Waals surface area contributed by atoms with Crippen molar-refractivity contribution in [2.45, 2.75) is 12.5 Å². The molecule has 0 aliphatic heterocycles. The summed E-state index contributed by atoms with van der Waals surface area (Å²) >= 11 is 3.37. The Morgan fingerprint density at radius 2 is 1.90 bits per heavy atom. The summed E-state index contributed by atoms with van der Waals surface area (Å²) in [7, 11) is 0. The second-order valence-electron chi connectivity index (χ2n) is 4.67. The minimum Gasteiger partial charge on any atom is -0.322 e. The number of benzene rings is 1. The molecule has 5 nitrogen and oxygen atoms in total. The molecule has 2 heterocycles. The van der Waals surface area contributed by atoms with Gasteiger partial charge < -0.3 is 5.73 Å². The van der Waals surface area contributed by atoms with Crippen molar-refractivity contribution >= 4 is 15.9 Å². The molecule has 21 heavy (non-hydrogen) atoms. The van der Waals surface area contributed by atoms with E-state index in [9.17, 15) is 0 Å². The first kappa shape index (κ1) is 13.9. The fraction of sp³-hybridized carbons (Fsp3) is 0.133. The predicted octanol–water partition coefficient (Wildman–Crippen LogP) is 2.67. The number of hydrogen-bond donors (Lipinski definition) is 1. The highest BCUT2D eigenvalue weighted by Gasteiger charge is 2.12. The van der Waals surface area contributed by atoms with Gasteiger partial charge in [0, 0.05) is 22.8 Å². The average molecular weight is 344 g/mol. The molecular weight excluding hydrogens is 330 g/mol. The van der Waals surface area contributed by atoms with Gasteiger partial charge in [-0.15, -0.1) is 0 Å². The summed E-state index contributed by atoms with van der Waals surface area (Å²) in [5, 5.41) is 8.70. The highest BCUT2D eigenvalue weighted by atomic mass is 79.9. The fourth-order valence-corrected chi connectivity index (χ4v) is 2.22. The third-order valence-electron chi connectivity index (χ3n) is 3.09. The van der Waals surface area contributed by atoms with Gasteiger partial charge in [-0.2, -0.15) is 15.0 Å². The number of halogens is 1. The second kappa shape index (κ2) is 6.15. The highest BCUT2D eigenvalue weighted by molar-refractivity contribution is 9.10. The van der Waals surface area contributed by atoms with Crippen molar-refractivity contribution in [2.24, 2.45) is 5.73 Å². The molecule has 1 atom stereocenters. The minimum atomic E-state index is -0.226. The van der Waals surface area contributed by atoms with E-state index in [1.807, 2.05) is 42.5 Å². The van der Waals surface area contributed by atoms with Crippen molar-refractivity contribution in [3.05, 3.63) is 70.7 Å². The largest absolute Gasteiger partial charge is 0.322 e. The highest BCUT2D eigenvalue weighted by Crippen LogP contribution is 2.15. The standard InChI is InChI=1S/C15H14BrN5/c16-11-6-7-12(18-9-11)8-14(17)15-10-19-21(20-15)13-4-2-1-3-5-13/h1-7,9-10,14H,8,17H2. The summed E-state index contributed by atoms with van der Waals surface area (Å²) in [5.74, 6) is 0. The summed E-state index contributed by atoms with van der Waals surface area (Å²) in [4.78, 5) is 5.91. The summed E-state index contributed by atoms with van der Waals surface area (Å²) in [6, 6.07) is 13.4. The van der Waals surface area contributed by atoms with E-state index in [0.717, 1.165) is 21.5 Å². The summed E-state index contributed by atoms with van der Waals surface area (Å²) in [5.41, 5.74) is 8.79. The number of aromatic nitrogens is 4. The van der Waals surface area contributed by atoms with Crippen LogP contribution < -0.4 is 5.73 Å². The van der Waals surface area contributed by atoms with Crippen LogP contribution >= 0.6 is 15.9 Å². The number of hydrogen-bond acceptors (Lipinski definition) is 4. The van der Waals surface area contributed by atoms with Crippen LogP contribution in [0.15, 0.2) is 59.3 Å². The van der Waals surface area contributed by atoms with Crippen LogP contribution in [0.3, 0.4) is 0 Å². The van der Waals surface area contributed by atoms with Crippen LogP contribution in [0.5, 0.6) is 0 Å². The van der Waals surface area contributed by atoms with E-state index in [1.54, 1.807) is 17.2 Å². The summed E-state index contributed by atoms with van der Waals surface area (Å²) < 4.78 is 0.954. The molecule has 6 heteroatoms. The topological polar surface area (TPSA) is 69.6 Å². The average Bonchev–Trinajstić information content (AvgIpc) is 3.00. The minimum absolute atomic E-state index is 0.226. The van der Waals surface area contributed by atoms with Crippen LogP contribution in [0.25, 0.3) is 5.69 Å². The molecule has 0 saturated heterocycles. The van der Waals surface area contributed by atoms with Crippen LogP contribution in [-0.2, 0) is 6.42 Å². The van der Waals surface area contributed by atoms with E-state index >= 15 is 0 Å². The van der Waals surface area contributed by atoms with Gasteiger partial charge in [0.25, 0.3) is 0 Å². The number of pyridine rings is 1. The van der Waals surface area contributed by atoms with Gasteiger partial charge in [0.05, 0.1) is 17.9 Å². The van der Waals surface area contributed by atoms with Gasteiger partial charge in [-0.1, -0.05) is 18.2 Å². The lowest BCUT2D eigenvalue weighted by Gasteiger charge is -2.07. The molecule has 0 fully saturated rings. The second-order valence-corrected chi connectivity index (χ2v) is 5.59. The number of nitrogens with two attached hydrogens (primary N) is 1. The Bertz CT molecular complexity index is 708. The van der Waals surface area contributed by atoms with Gasteiger partial charge in [-0.3, -0.25) is 4.98 Å². The maximum absolute atomic E-state index is 6.19. The summed E-state index contributed by atoms with van der Waals surface area (Å²) in [6.45, 7) is 0. The third-order valence-corrected chi connectivity index (χ3v) is 3.56. The fourth-order valence-electron chi connectivity index (χ4n) is 1.99. The quantitative estimate of drug-likeness (QED) is 0.790. The van der Waals surface area contributed by atoms with Crippen LogP contribution in [0, 0.1) is 0 Å². The van der Waals surface area contributed by atoms with Crippen LogP contribution in [0.4, 0.5) is 0 Å². The molecule has 0 aliphatic rings. The number of para-hydroxylation sites is 1. The van der Waals surface area contributed by atoms with Crippen molar-refractivity contribution in [1.82, 2.24) is 20.0 Å². The molecule has 0 bridgehead atoms. The molecular formula is C15H14BrN5. The van der Waals surface area contributed by atoms with E-state index in [0.29, 0.717) is 6.42 Å². The smallest absolute Gasteiger partial charge is 0.100 e. The van der Waals surface area contributed by atoms with Crippen molar-refractivity contribution in [3.63, 3.8) is 0 Å². The zero-order valence-corrected chi connectivity index (χ0v) is 12.8. The van der Waals surface area contributed by atoms with Gasteiger partial charge >= 0.3 is 0 Å². The third kappa shape index (κ3) is 3.34. The van der Waals surface area contributed by atoms with E-state index in [-0.39, 0.29) is 6.04 Å². The molecule has 3 rings (SSSR count). The van der Waals surface area contributed by atoms with Crippen molar-refractivity contribution in [3.8, 4) is 5.69 Å². The molecule has 106 valence electrons.